The second-order valence-corrected chi connectivity index (χ2v) is 5.89. The summed E-state index contributed by atoms with van der Waals surface area (Å²) < 4.78 is 0. The van der Waals surface area contributed by atoms with Gasteiger partial charge >= 0.3 is 0 Å². The number of benzene rings is 4. The predicted octanol–water partition coefficient (Wildman–Crippen LogP) is 6.48. The van der Waals surface area contributed by atoms with Gasteiger partial charge in [0, 0.05) is 0 Å². The minimum absolute atomic E-state index is 1.27. The summed E-state index contributed by atoms with van der Waals surface area (Å²) in [6, 6.07) is 32.3. The first-order valence-electron chi connectivity index (χ1n) is 7.98. The molecule has 0 heteroatoms. The van der Waals surface area contributed by atoms with Gasteiger partial charge in [0.25, 0.3) is 0 Å². The molecule has 0 atom stereocenters. The van der Waals surface area contributed by atoms with Gasteiger partial charge in [0.05, 0.1) is 0 Å². The highest BCUT2D eigenvalue weighted by Crippen LogP contribution is 2.38. The van der Waals surface area contributed by atoms with Crippen molar-refractivity contribution in [2.24, 2.45) is 0 Å². The maximum atomic E-state index is 2.32. The average Bonchev–Trinajstić information content (AvgIpc) is 2.62. The van der Waals surface area contributed by atoms with Crippen molar-refractivity contribution in [3.8, 4) is 22.3 Å². The van der Waals surface area contributed by atoms with Crippen LogP contribution in [0.3, 0.4) is 0 Å². The minimum atomic E-state index is 1.27. The molecule has 0 unspecified atom stereocenters. The molecule has 4 aromatic carbocycles. The Bertz CT molecular complexity index is 951. The summed E-state index contributed by atoms with van der Waals surface area (Å²) in [4.78, 5) is 0. The molecule has 0 saturated carbocycles. The molecule has 0 heterocycles. The Labute approximate surface area is 137 Å². The lowest BCUT2D eigenvalue weighted by molar-refractivity contribution is 1.48. The molecule has 0 aliphatic carbocycles. The molecule has 0 bridgehead atoms. The van der Waals surface area contributed by atoms with Gasteiger partial charge in [-0.2, -0.15) is 0 Å². The third-order valence-corrected chi connectivity index (χ3v) is 4.39. The van der Waals surface area contributed by atoms with Crippen molar-refractivity contribution in [1.29, 1.82) is 0 Å². The summed E-state index contributed by atoms with van der Waals surface area (Å²) in [5.41, 5.74) is 6.50. The van der Waals surface area contributed by atoms with Crippen molar-refractivity contribution in [3.05, 3.63) is 96.6 Å². The van der Waals surface area contributed by atoms with E-state index in [0.717, 1.165) is 0 Å². The molecule has 0 amide bonds. The maximum absolute atomic E-state index is 2.32. The molecule has 110 valence electrons. The number of fused-ring (bicyclic) bond motifs is 1. The molecule has 4 rings (SSSR count). The largest absolute Gasteiger partial charge is 0.0622 e. The van der Waals surface area contributed by atoms with Gasteiger partial charge in [-0.3, -0.25) is 0 Å². The predicted molar refractivity (Wildman–Crippen MR) is 99.6 cm³/mol. The van der Waals surface area contributed by atoms with Crippen LogP contribution in [-0.4, -0.2) is 0 Å². The lowest BCUT2D eigenvalue weighted by atomic mass is 9.89. The van der Waals surface area contributed by atoms with Crippen molar-refractivity contribution in [1.82, 2.24) is 0 Å². The van der Waals surface area contributed by atoms with Crippen LogP contribution in [0.1, 0.15) is 5.56 Å². The number of aryl methyl sites for hydroxylation is 1. The number of hydrogen-bond acceptors (Lipinski definition) is 0. The molecule has 0 spiro atoms. The lowest BCUT2D eigenvalue weighted by Gasteiger charge is -2.15. The zero-order chi connectivity index (χ0) is 15.6. The van der Waals surface area contributed by atoms with Crippen LogP contribution in [-0.2, 0) is 0 Å². The van der Waals surface area contributed by atoms with E-state index in [-0.39, 0.29) is 0 Å². The zero-order valence-corrected chi connectivity index (χ0v) is 13.2. The molecule has 0 aliphatic heterocycles. The topological polar surface area (TPSA) is 0 Å². The van der Waals surface area contributed by atoms with Crippen molar-refractivity contribution >= 4 is 10.8 Å². The van der Waals surface area contributed by atoms with Crippen LogP contribution in [0.15, 0.2) is 91.0 Å². The average molecular weight is 294 g/mol. The number of rotatable bonds is 2. The van der Waals surface area contributed by atoms with Crippen molar-refractivity contribution in [2.45, 2.75) is 6.92 Å². The molecule has 0 aliphatic rings. The van der Waals surface area contributed by atoms with Crippen LogP contribution < -0.4 is 0 Å². The van der Waals surface area contributed by atoms with Gasteiger partial charge in [-0.1, -0.05) is 91.0 Å². The van der Waals surface area contributed by atoms with Crippen LogP contribution in [0, 0.1) is 6.92 Å². The molecular formula is C23H18. The normalized spacial score (nSPS) is 10.8. The molecule has 0 aromatic heterocycles. The molecule has 0 nitrogen and oxygen atoms in total. The SMILES string of the molecule is Cc1cc(-c2ccccc2)c2ccccc2c1-c1ccccc1. The van der Waals surface area contributed by atoms with E-state index in [1.807, 2.05) is 0 Å². The molecule has 23 heavy (non-hydrogen) atoms. The minimum Gasteiger partial charge on any atom is -0.0622 e. The third-order valence-electron chi connectivity index (χ3n) is 4.39. The molecule has 0 radical (unpaired) electrons. The quantitative estimate of drug-likeness (QED) is 0.397. The Morgan fingerprint density at radius 2 is 1.04 bits per heavy atom. The van der Waals surface area contributed by atoms with E-state index < -0.39 is 0 Å². The van der Waals surface area contributed by atoms with E-state index in [2.05, 4.69) is 97.9 Å². The summed E-state index contributed by atoms with van der Waals surface area (Å²) in [5.74, 6) is 0. The Morgan fingerprint density at radius 1 is 0.522 bits per heavy atom. The number of hydrogen-bond donors (Lipinski definition) is 0. The Morgan fingerprint density at radius 3 is 1.70 bits per heavy atom. The van der Waals surface area contributed by atoms with Crippen molar-refractivity contribution < 1.29 is 0 Å². The third kappa shape index (κ3) is 2.43. The van der Waals surface area contributed by atoms with Crippen LogP contribution in [0.2, 0.25) is 0 Å². The van der Waals surface area contributed by atoms with Crippen LogP contribution in [0.25, 0.3) is 33.0 Å². The van der Waals surface area contributed by atoms with Crippen molar-refractivity contribution in [2.75, 3.05) is 0 Å². The first-order valence-corrected chi connectivity index (χ1v) is 7.98. The van der Waals surface area contributed by atoms with E-state index in [1.54, 1.807) is 0 Å². The summed E-state index contributed by atoms with van der Waals surface area (Å²) in [6.45, 7) is 2.21. The van der Waals surface area contributed by atoms with E-state index in [1.165, 1.54) is 38.6 Å². The van der Waals surface area contributed by atoms with Gasteiger partial charge in [0.2, 0.25) is 0 Å². The van der Waals surface area contributed by atoms with Gasteiger partial charge in [-0.15, -0.1) is 0 Å². The van der Waals surface area contributed by atoms with Crippen LogP contribution >= 0.6 is 0 Å². The highest BCUT2D eigenvalue weighted by Gasteiger charge is 2.12. The van der Waals surface area contributed by atoms with Crippen LogP contribution in [0.5, 0.6) is 0 Å². The lowest BCUT2D eigenvalue weighted by Crippen LogP contribution is -1.90. The second kappa shape index (κ2) is 5.73. The van der Waals surface area contributed by atoms with Gasteiger partial charge in [-0.05, 0) is 45.5 Å². The van der Waals surface area contributed by atoms with Crippen molar-refractivity contribution in [3.63, 3.8) is 0 Å². The Hall–Kier alpha value is -2.86. The molecule has 4 aromatic rings. The Balaban J connectivity index is 2.07. The van der Waals surface area contributed by atoms with E-state index >= 15 is 0 Å². The first-order chi connectivity index (χ1) is 11.3. The monoisotopic (exact) mass is 294 g/mol. The van der Waals surface area contributed by atoms with Gasteiger partial charge in [-0.25, -0.2) is 0 Å². The fraction of sp³-hybridized carbons (Fsp3) is 0.0435. The fourth-order valence-electron chi connectivity index (χ4n) is 3.36. The molecule has 0 saturated heterocycles. The van der Waals surface area contributed by atoms with E-state index in [9.17, 15) is 0 Å². The van der Waals surface area contributed by atoms with Gasteiger partial charge in [0.15, 0.2) is 0 Å². The summed E-state index contributed by atoms with van der Waals surface area (Å²) >= 11 is 0. The zero-order valence-electron chi connectivity index (χ0n) is 13.2. The summed E-state index contributed by atoms with van der Waals surface area (Å²) in [5, 5.41) is 2.63. The Kier molecular flexibility index (Phi) is 3.44. The smallest absolute Gasteiger partial charge is 0.00757 e. The summed E-state index contributed by atoms with van der Waals surface area (Å²) in [6.07, 6.45) is 0. The van der Waals surface area contributed by atoms with Crippen LogP contribution in [0.4, 0.5) is 0 Å². The highest BCUT2D eigenvalue weighted by atomic mass is 14.2. The van der Waals surface area contributed by atoms with Gasteiger partial charge < -0.3 is 0 Å². The summed E-state index contributed by atoms with van der Waals surface area (Å²) in [7, 11) is 0. The van der Waals surface area contributed by atoms with E-state index in [4.69, 9.17) is 0 Å². The molecule has 0 fully saturated rings. The first kappa shape index (κ1) is 13.8. The standard InChI is InChI=1S/C23H18/c1-17-16-22(18-10-4-2-5-11-18)20-14-8-9-15-21(20)23(17)19-12-6-3-7-13-19/h2-16H,1H3. The van der Waals surface area contributed by atoms with E-state index in [0.29, 0.717) is 0 Å². The molecule has 0 N–H and O–H groups in total. The van der Waals surface area contributed by atoms with Gasteiger partial charge in [0.1, 0.15) is 0 Å². The maximum Gasteiger partial charge on any atom is -0.00757 e. The molecular weight excluding hydrogens is 276 g/mol. The highest BCUT2D eigenvalue weighted by molar-refractivity contribution is 6.06. The fourth-order valence-corrected chi connectivity index (χ4v) is 3.36. The second-order valence-electron chi connectivity index (χ2n) is 5.89.